The second-order valence-corrected chi connectivity index (χ2v) is 7.67. The molecule has 0 bridgehead atoms. The first-order valence-corrected chi connectivity index (χ1v) is 9.75. The molecule has 1 aliphatic rings. The van der Waals surface area contributed by atoms with Gasteiger partial charge >= 0.3 is 0 Å². The van der Waals surface area contributed by atoms with Crippen molar-refractivity contribution in [3.05, 3.63) is 54.1 Å². The van der Waals surface area contributed by atoms with Gasteiger partial charge in [-0.15, -0.1) is 0 Å². The average Bonchev–Trinajstić information content (AvgIpc) is 3.15. The molecule has 2 aromatic carbocycles. The predicted molar refractivity (Wildman–Crippen MR) is 99.0 cm³/mol. The number of nitrogens with one attached hydrogen (secondary N) is 3. The van der Waals surface area contributed by atoms with E-state index in [4.69, 9.17) is 4.74 Å². The summed E-state index contributed by atoms with van der Waals surface area (Å²) in [6, 6.07) is 12.6. The van der Waals surface area contributed by atoms with E-state index in [1.807, 2.05) is 0 Å². The van der Waals surface area contributed by atoms with Crippen molar-refractivity contribution in [1.29, 1.82) is 0 Å². The van der Waals surface area contributed by atoms with Crippen LogP contribution in [0.3, 0.4) is 0 Å². The molecule has 0 aromatic heterocycles. The van der Waals surface area contributed by atoms with Gasteiger partial charge in [-0.05, 0) is 49.4 Å². The Morgan fingerprint density at radius 2 is 1.88 bits per heavy atom. The number of anilines is 1. The highest BCUT2D eigenvalue weighted by atomic mass is 32.2. The van der Waals surface area contributed by atoms with Crippen LogP contribution in [0.4, 0.5) is 5.69 Å². The highest BCUT2D eigenvalue weighted by Crippen LogP contribution is 2.22. The first kappa shape index (κ1) is 18.2. The Bertz CT molecular complexity index is 876. The number of benzene rings is 2. The minimum Gasteiger partial charge on any atom is -0.497 e. The number of sulfonamides is 1. The molecule has 0 radical (unpaired) electrons. The number of para-hydroxylation sites is 1. The Morgan fingerprint density at radius 1 is 1.15 bits per heavy atom. The molecule has 1 atom stereocenters. The molecule has 1 heterocycles. The van der Waals surface area contributed by atoms with Gasteiger partial charge in [0.25, 0.3) is 15.9 Å². The average molecular weight is 375 g/mol. The normalized spacial score (nSPS) is 16.9. The van der Waals surface area contributed by atoms with Crippen LogP contribution in [0, 0.1) is 0 Å². The first-order chi connectivity index (χ1) is 12.5. The summed E-state index contributed by atoms with van der Waals surface area (Å²) in [5.74, 6) is 0.264. The molecule has 0 aliphatic carbocycles. The zero-order valence-corrected chi connectivity index (χ0v) is 15.2. The van der Waals surface area contributed by atoms with Crippen LogP contribution >= 0.6 is 0 Å². The summed E-state index contributed by atoms with van der Waals surface area (Å²) in [6.45, 7) is 1.57. The van der Waals surface area contributed by atoms with Crippen molar-refractivity contribution in [1.82, 2.24) is 10.6 Å². The fourth-order valence-electron chi connectivity index (χ4n) is 2.77. The van der Waals surface area contributed by atoms with Crippen LogP contribution in [-0.4, -0.2) is 40.6 Å². The van der Waals surface area contributed by atoms with E-state index in [1.54, 1.807) is 36.4 Å². The molecular weight excluding hydrogens is 354 g/mol. The Labute approximate surface area is 152 Å². The second kappa shape index (κ2) is 7.76. The van der Waals surface area contributed by atoms with Gasteiger partial charge in [-0.1, -0.05) is 12.1 Å². The third kappa shape index (κ3) is 4.14. The molecule has 1 saturated heterocycles. The minimum atomic E-state index is -3.82. The standard InChI is InChI=1S/C18H21N3O4S/c1-25-14-6-8-15(9-7-14)26(23,24)21-17-5-3-2-4-16(17)18(22)20-13-10-11-19-12-13/h2-9,13,19,21H,10-12H2,1H3,(H,20,22). The molecule has 8 heteroatoms. The van der Waals surface area contributed by atoms with Crippen LogP contribution in [0.5, 0.6) is 5.75 Å². The molecule has 2 aromatic rings. The van der Waals surface area contributed by atoms with Crippen molar-refractivity contribution < 1.29 is 17.9 Å². The van der Waals surface area contributed by atoms with Gasteiger partial charge in [0.1, 0.15) is 5.75 Å². The summed E-state index contributed by atoms with van der Waals surface area (Å²) in [4.78, 5) is 12.6. The van der Waals surface area contributed by atoms with Gasteiger partial charge in [0.05, 0.1) is 23.3 Å². The maximum Gasteiger partial charge on any atom is 0.261 e. The minimum absolute atomic E-state index is 0.0498. The van der Waals surface area contributed by atoms with Gasteiger partial charge in [-0.25, -0.2) is 8.42 Å². The van der Waals surface area contributed by atoms with Crippen LogP contribution in [0.15, 0.2) is 53.4 Å². The van der Waals surface area contributed by atoms with Gasteiger partial charge in [-0.3, -0.25) is 9.52 Å². The summed E-state index contributed by atoms with van der Waals surface area (Å²) in [6.07, 6.45) is 0.853. The second-order valence-electron chi connectivity index (χ2n) is 5.99. The molecule has 26 heavy (non-hydrogen) atoms. The summed E-state index contributed by atoms with van der Waals surface area (Å²) < 4.78 is 32.8. The quantitative estimate of drug-likeness (QED) is 0.712. The predicted octanol–water partition coefficient (Wildman–Crippen LogP) is 1.59. The summed E-state index contributed by atoms with van der Waals surface area (Å²) in [7, 11) is -2.31. The van der Waals surface area contributed by atoms with E-state index in [-0.39, 0.29) is 28.1 Å². The molecule has 1 unspecified atom stereocenters. The number of rotatable bonds is 6. The molecule has 3 rings (SSSR count). The number of carbonyl (C=O) groups is 1. The maximum absolute atomic E-state index is 12.6. The Morgan fingerprint density at radius 3 is 2.54 bits per heavy atom. The fraction of sp³-hybridized carbons (Fsp3) is 0.278. The lowest BCUT2D eigenvalue weighted by Gasteiger charge is -2.15. The third-order valence-electron chi connectivity index (χ3n) is 4.18. The molecule has 1 aliphatic heterocycles. The molecule has 7 nitrogen and oxygen atoms in total. The van der Waals surface area contributed by atoms with Crippen molar-refractivity contribution in [3.8, 4) is 5.75 Å². The summed E-state index contributed by atoms with van der Waals surface area (Å²) in [5, 5.41) is 6.10. The monoisotopic (exact) mass is 375 g/mol. The van der Waals surface area contributed by atoms with Gasteiger partial charge < -0.3 is 15.4 Å². The van der Waals surface area contributed by atoms with Crippen LogP contribution in [0.1, 0.15) is 16.8 Å². The highest BCUT2D eigenvalue weighted by molar-refractivity contribution is 7.92. The third-order valence-corrected chi connectivity index (χ3v) is 5.56. The van der Waals surface area contributed by atoms with E-state index in [9.17, 15) is 13.2 Å². The van der Waals surface area contributed by atoms with Crippen molar-refractivity contribution >= 4 is 21.6 Å². The molecule has 1 fully saturated rings. The number of ether oxygens (including phenoxy) is 1. The number of amides is 1. The molecule has 1 amide bonds. The molecule has 0 spiro atoms. The molecule has 0 saturated carbocycles. The van der Waals surface area contributed by atoms with Gasteiger partial charge in [0.15, 0.2) is 0 Å². The van der Waals surface area contributed by atoms with Crippen LogP contribution in [0.2, 0.25) is 0 Å². The van der Waals surface area contributed by atoms with Crippen molar-refractivity contribution in [2.75, 3.05) is 24.9 Å². The van der Waals surface area contributed by atoms with Crippen LogP contribution in [-0.2, 0) is 10.0 Å². The zero-order chi connectivity index (χ0) is 18.6. The van der Waals surface area contributed by atoms with Crippen molar-refractivity contribution in [3.63, 3.8) is 0 Å². The first-order valence-electron chi connectivity index (χ1n) is 8.27. The number of hydrogen-bond donors (Lipinski definition) is 3. The number of hydrogen-bond acceptors (Lipinski definition) is 5. The van der Waals surface area contributed by atoms with E-state index in [0.717, 1.165) is 13.0 Å². The smallest absolute Gasteiger partial charge is 0.261 e. The summed E-state index contributed by atoms with van der Waals surface area (Å²) >= 11 is 0. The lowest BCUT2D eigenvalue weighted by atomic mass is 10.1. The summed E-state index contributed by atoms with van der Waals surface area (Å²) in [5.41, 5.74) is 0.531. The Balaban J connectivity index is 1.81. The van der Waals surface area contributed by atoms with Crippen LogP contribution < -0.4 is 20.1 Å². The Hall–Kier alpha value is -2.58. The van der Waals surface area contributed by atoms with Crippen molar-refractivity contribution in [2.24, 2.45) is 0 Å². The van der Waals surface area contributed by atoms with E-state index in [1.165, 1.54) is 19.2 Å². The maximum atomic E-state index is 12.6. The Kier molecular flexibility index (Phi) is 5.43. The van der Waals surface area contributed by atoms with Gasteiger partial charge in [-0.2, -0.15) is 0 Å². The van der Waals surface area contributed by atoms with E-state index >= 15 is 0 Å². The zero-order valence-electron chi connectivity index (χ0n) is 14.4. The lowest BCUT2D eigenvalue weighted by molar-refractivity contribution is 0.0941. The van der Waals surface area contributed by atoms with Crippen molar-refractivity contribution in [2.45, 2.75) is 17.4 Å². The fourth-order valence-corrected chi connectivity index (χ4v) is 3.85. The van der Waals surface area contributed by atoms with Gasteiger partial charge in [0, 0.05) is 12.6 Å². The molecule has 3 N–H and O–H groups in total. The van der Waals surface area contributed by atoms with E-state index < -0.39 is 10.0 Å². The van der Waals surface area contributed by atoms with Crippen LogP contribution in [0.25, 0.3) is 0 Å². The van der Waals surface area contributed by atoms with Gasteiger partial charge in [0.2, 0.25) is 0 Å². The van der Waals surface area contributed by atoms with E-state index in [2.05, 4.69) is 15.4 Å². The SMILES string of the molecule is COc1ccc(S(=O)(=O)Nc2ccccc2C(=O)NC2CCNC2)cc1. The molecule has 138 valence electrons. The highest BCUT2D eigenvalue weighted by Gasteiger charge is 2.21. The number of carbonyl (C=O) groups excluding carboxylic acids is 1. The topological polar surface area (TPSA) is 96.5 Å². The number of methoxy groups -OCH3 is 1. The van der Waals surface area contributed by atoms with E-state index in [0.29, 0.717) is 12.3 Å². The molecular formula is C18H21N3O4S. The lowest BCUT2D eigenvalue weighted by Crippen LogP contribution is -2.36. The largest absolute Gasteiger partial charge is 0.497 e.